The van der Waals surface area contributed by atoms with Gasteiger partial charge in [-0.2, -0.15) is 8.61 Å². The number of carbonyl (C=O) groups excluding carboxylic acids is 1. The average molecular weight is 564 g/mol. The minimum atomic E-state index is -3.74. The van der Waals surface area contributed by atoms with E-state index >= 15 is 0 Å². The molecule has 11 heteroatoms. The summed E-state index contributed by atoms with van der Waals surface area (Å²) >= 11 is 0. The molecule has 1 atom stereocenters. The van der Waals surface area contributed by atoms with Crippen LogP contribution in [-0.4, -0.2) is 64.1 Å². The zero-order chi connectivity index (χ0) is 27.3. The number of aryl methyl sites for hydroxylation is 1. The standard InChI is InChI=1S/C27H37N3O6S2/c1-3-36-26-14-13-25(18-21(26)2)38(34,35)30-17-7-8-23(20-30)27(31)28-19-22-9-11-24(12-10-22)37(32,33)29-15-5-4-6-16-29/h9-14,18,23H,3-8,15-17,19-20H2,1-2H3,(H,28,31). The Balaban J connectivity index is 1.35. The number of rotatable bonds is 9. The van der Waals surface area contributed by atoms with Gasteiger partial charge in [-0.1, -0.05) is 18.6 Å². The van der Waals surface area contributed by atoms with Gasteiger partial charge in [-0.3, -0.25) is 4.79 Å². The molecular weight excluding hydrogens is 526 g/mol. The molecule has 9 nitrogen and oxygen atoms in total. The third-order valence-electron chi connectivity index (χ3n) is 7.18. The summed E-state index contributed by atoms with van der Waals surface area (Å²) in [5.74, 6) is -0.0154. The number of amides is 1. The van der Waals surface area contributed by atoms with Gasteiger partial charge < -0.3 is 10.1 Å². The highest BCUT2D eigenvalue weighted by molar-refractivity contribution is 7.89. The molecule has 0 bridgehead atoms. The number of sulfonamides is 2. The summed E-state index contributed by atoms with van der Waals surface area (Å²) in [6, 6.07) is 11.4. The first-order valence-corrected chi connectivity index (χ1v) is 16.1. The minimum absolute atomic E-state index is 0.118. The Morgan fingerprint density at radius 2 is 1.53 bits per heavy atom. The molecule has 2 heterocycles. The monoisotopic (exact) mass is 563 g/mol. The summed E-state index contributed by atoms with van der Waals surface area (Å²) < 4.78 is 60.7. The van der Waals surface area contributed by atoms with Crippen LogP contribution in [0.4, 0.5) is 0 Å². The highest BCUT2D eigenvalue weighted by Crippen LogP contribution is 2.28. The van der Waals surface area contributed by atoms with Crippen LogP contribution in [0.5, 0.6) is 5.75 Å². The summed E-state index contributed by atoms with van der Waals surface area (Å²) in [6.07, 6.45) is 4.01. The fourth-order valence-electron chi connectivity index (χ4n) is 4.99. The molecule has 1 N–H and O–H groups in total. The van der Waals surface area contributed by atoms with Gasteiger partial charge in [-0.05, 0) is 81.0 Å². The van der Waals surface area contributed by atoms with Gasteiger partial charge in [0.15, 0.2) is 0 Å². The molecule has 38 heavy (non-hydrogen) atoms. The van der Waals surface area contributed by atoms with Crippen molar-refractivity contribution in [3.8, 4) is 5.75 Å². The molecule has 4 rings (SSSR count). The Hall–Kier alpha value is -2.47. The summed E-state index contributed by atoms with van der Waals surface area (Å²) in [5.41, 5.74) is 1.52. The first kappa shape index (κ1) is 28.5. The minimum Gasteiger partial charge on any atom is -0.494 e. The van der Waals surface area contributed by atoms with Crippen molar-refractivity contribution >= 4 is 26.0 Å². The number of piperidine rings is 2. The second-order valence-electron chi connectivity index (χ2n) is 9.89. The van der Waals surface area contributed by atoms with Gasteiger partial charge >= 0.3 is 0 Å². The molecule has 208 valence electrons. The molecule has 2 aliphatic rings. The number of hydrogen-bond donors (Lipinski definition) is 1. The molecule has 0 saturated carbocycles. The van der Waals surface area contributed by atoms with Crippen molar-refractivity contribution in [2.75, 3.05) is 32.8 Å². The summed E-state index contributed by atoms with van der Waals surface area (Å²) in [6.45, 7) is 6.00. The summed E-state index contributed by atoms with van der Waals surface area (Å²) in [4.78, 5) is 13.4. The van der Waals surface area contributed by atoms with Gasteiger partial charge in [0.1, 0.15) is 5.75 Å². The zero-order valence-electron chi connectivity index (χ0n) is 22.1. The lowest BCUT2D eigenvalue weighted by atomic mass is 9.99. The molecular formula is C27H37N3O6S2. The van der Waals surface area contributed by atoms with Crippen LogP contribution in [0.15, 0.2) is 52.3 Å². The predicted octanol–water partition coefficient (Wildman–Crippen LogP) is 3.29. The van der Waals surface area contributed by atoms with E-state index in [1.807, 2.05) is 13.8 Å². The summed E-state index contributed by atoms with van der Waals surface area (Å²) in [5, 5.41) is 2.90. The maximum Gasteiger partial charge on any atom is 0.243 e. The number of nitrogens with one attached hydrogen (secondary N) is 1. The molecule has 2 saturated heterocycles. The highest BCUT2D eigenvalue weighted by atomic mass is 32.2. The van der Waals surface area contributed by atoms with Crippen LogP contribution in [0.1, 0.15) is 50.2 Å². The van der Waals surface area contributed by atoms with Crippen molar-refractivity contribution in [3.63, 3.8) is 0 Å². The van der Waals surface area contributed by atoms with Crippen LogP contribution >= 0.6 is 0 Å². The Morgan fingerprint density at radius 3 is 2.18 bits per heavy atom. The van der Waals surface area contributed by atoms with Crippen molar-refractivity contribution in [2.24, 2.45) is 5.92 Å². The summed E-state index contributed by atoms with van der Waals surface area (Å²) in [7, 11) is -7.24. The Labute approximate surface area is 226 Å². The molecule has 1 unspecified atom stereocenters. The molecule has 2 aliphatic heterocycles. The molecule has 2 aromatic rings. The highest BCUT2D eigenvalue weighted by Gasteiger charge is 2.33. The van der Waals surface area contributed by atoms with E-state index in [4.69, 9.17) is 4.74 Å². The molecule has 0 aliphatic carbocycles. The predicted molar refractivity (Wildman–Crippen MR) is 145 cm³/mol. The van der Waals surface area contributed by atoms with E-state index in [1.54, 1.807) is 42.5 Å². The van der Waals surface area contributed by atoms with E-state index in [0.717, 1.165) is 30.4 Å². The van der Waals surface area contributed by atoms with Gasteiger partial charge in [0, 0.05) is 32.7 Å². The van der Waals surface area contributed by atoms with Crippen molar-refractivity contribution in [2.45, 2.75) is 62.3 Å². The Morgan fingerprint density at radius 1 is 0.895 bits per heavy atom. The number of ether oxygens (including phenoxy) is 1. The van der Waals surface area contributed by atoms with Crippen LogP contribution in [0, 0.1) is 12.8 Å². The fraction of sp³-hybridized carbons (Fsp3) is 0.519. The smallest absolute Gasteiger partial charge is 0.243 e. The van der Waals surface area contributed by atoms with Gasteiger partial charge in [-0.25, -0.2) is 16.8 Å². The van der Waals surface area contributed by atoms with E-state index in [2.05, 4.69) is 5.32 Å². The molecule has 1 amide bonds. The lowest BCUT2D eigenvalue weighted by Crippen LogP contribution is -2.45. The third kappa shape index (κ3) is 6.39. The molecule has 2 aromatic carbocycles. The topological polar surface area (TPSA) is 113 Å². The maximum atomic E-state index is 13.3. The molecule has 0 spiro atoms. The number of hydrogen-bond acceptors (Lipinski definition) is 6. The van der Waals surface area contributed by atoms with Crippen LogP contribution in [0.25, 0.3) is 0 Å². The SMILES string of the molecule is CCOc1ccc(S(=O)(=O)N2CCCC(C(=O)NCc3ccc(S(=O)(=O)N4CCCCC4)cc3)C2)cc1C. The second-order valence-corrected chi connectivity index (χ2v) is 13.8. The van der Waals surface area contributed by atoms with Crippen LogP contribution in [0.2, 0.25) is 0 Å². The van der Waals surface area contributed by atoms with Gasteiger partial charge in [-0.15, -0.1) is 0 Å². The Bertz CT molecular complexity index is 1340. The molecule has 2 fully saturated rings. The lowest BCUT2D eigenvalue weighted by molar-refractivity contribution is -0.126. The lowest BCUT2D eigenvalue weighted by Gasteiger charge is -2.31. The maximum absolute atomic E-state index is 13.3. The van der Waals surface area contributed by atoms with Crippen molar-refractivity contribution < 1.29 is 26.4 Å². The number of benzene rings is 2. The van der Waals surface area contributed by atoms with Crippen molar-refractivity contribution in [1.29, 1.82) is 0 Å². The number of nitrogens with zero attached hydrogens (tertiary/aromatic N) is 2. The normalized spacial score (nSPS) is 19.7. The van der Waals surface area contributed by atoms with Crippen molar-refractivity contribution in [1.82, 2.24) is 13.9 Å². The quantitative estimate of drug-likeness (QED) is 0.501. The van der Waals surface area contributed by atoms with E-state index in [9.17, 15) is 21.6 Å². The van der Waals surface area contributed by atoms with E-state index in [-0.39, 0.29) is 28.8 Å². The van der Waals surface area contributed by atoms with E-state index in [0.29, 0.717) is 44.8 Å². The average Bonchev–Trinajstić information content (AvgIpc) is 2.93. The van der Waals surface area contributed by atoms with Crippen LogP contribution in [0.3, 0.4) is 0 Å². The second kappa shape index (κ2) is 12.1. The molecule has 0 aromatic heterocycles. The number of carbonyl (C=O) groups is 1. The largest absolute Gasteiger partial charge is 0.494 e. The first-order valence-electron chi connectivity index (χ1n) is 13.2. The van der Waals surface area contributed by atoms with Gasteiger partial charge in [0.25, 0.3) is 0 Å². The van der Waals surface area contributed by atoms with Crippen LogP contribution in [-0.2, 0) is 31.4 Å². The Kier molecular flexibility index (Phi) is 9.12. The van der Waals surface area contributed by atoms with Crippen LogP contribution < -0.4 is 10.1 Å². The van der Waals surface area contributed by atoms with Gasteiger partial charge in [0.05, 0.1) is 22.3 Å². The fourth-order valence-corrected chi connectivity index (χ4v) is 8.12. The third-order valence-corrected chi connectivity index (χ3v) is 11.0. The van der Waals surface area contributed by atoms with Crippen molar-refractivity contribution in [3.05, 3.63) is 53.6 Å². The van der Waals surface area contributed by atoms with Gasteiger partial charge in [0.2, 0.25) is 26.0 Å². The first-order chi connectivity index (χ1) is 18.1. The zero-order valence-corrected chi connectivity index (χ0v) is 23.7. The van der Waals surface area contributed by atoms with E-state index in [1.165, 1.54) is 8.61 Å². The molecule has 0 radical (unpaired) electrons. The van der Waals surface area contributed by atoms with E-state index < -0.39 is 26.0 Å².